The second-order valence-electron chi connectivity index (χ2n) is 4.63. The third kappa shape index (κ3) is 2.16. The Hall–Kier alpha value is -2.04. The Kier molecular flexibility index (Phi) is 3.23. The molecule has 1 aromatic rings. The van der Waals surface area contributed by atoms with Crippen molar-refractivity contribution in [2.45, 2.75) is 19.9 Å². The molecule has 0 aliphatic carbocycles. The number of hydrogen-bond donors (Lipinski definition) is 1. The third-order valence-electron chi connectivity index (χ3n) is 2.86. The number of carbonyl (C=O) groups excluding carboxylic acids is 2. The van der Waals surface area contributed by atoms with Gasteiger partial charge in [-0.1, -0.05) is 12.1 Å². The lowest BCUT2D eigenvalue weighted by Crippen LogP contribution is -2.51. The van der Waals surface area contributed by atoms with Crippen LogP contribution in [0, 0.1) is 0 Å². The highest BCUT2D eigenvalue weighted by Gasteiger charge is 2.30. The first-order valence-electron chi connectivity index (χ1n) is 5.94. The smallest absolute Gasteiger partial charge is 0.322 e. The summed E-state index contributed by atoms with van der Waals surface area (Å²) < 4.78 is 0. The van der Waals surface area contributed by atoms with E-state index in [4.69, 9.17) is 0 Å². The molecule has 3 amide bonds. The predicted octanol–water partition coefficient (Wildman–Crippen LogP) is 1.59. The minimum atomic E-state index is -0.237. The zero-order valence-corrected chi connectivity index (χ0v) is 10.8. The Balaban J connectivity index is 2.36. The lowest BCUT2D eigenvalue weighted by Gasteiger charge is -2.34. The largest absolute Gasteiger partial charge is 0.336 e. The van der Waals surface area contributed by atoms with Crippen LogP contribution >= 0.6 is 0 Å². The molecule has 0 fully saturated rings. The van der Waals surface area contributed by atoms with E-state index < -0.39 is 0 Å². The first-order chi connectivity index (χ1) is 8.50. The topological polar surface area (TPSA) is 52.7 Å². The molecule has 5 heteroatoms. The summed E-state index contributed by atoms with van der Waals surface area (Å²) in [6.07, 6.45) is 0. The fourth-order valence-corrected chi connectivity index (χ4v) is 1.94. The SMILES string of the molecule is CC(C)NC(=O)N1CC(=O)N(C)c2ccccc21. The summed E-state index contributed by atoms with van der Waals surface area (Å²) in [5, 5.41) is 2.80. The predicted molar refractivity (Wildman–Crippen MR) is 70.9 cm³/mol. The molecule has 1 N–H and O–H groups in total. The molecule has 0 bridgehead atoms. The number of nitrogens with zero attached hydrogens (tertiary/aromatic N) is 2. The van der Waals surface area contributed by atoms with Gasteiger partial charge in [-0.2, -0.15) is 0 Å². The van der Waals surface area contributed by atoms with E-state index in [9.17, 15) is 9.59 Å². The van der Waals surface area contributed by atoms with Crippen molar-refractivity contribution in [3.8, 4) is 0 Å². The van der Waals surface area contributed by atoms with E-state index in [1.165, 1.54) is 4.90 Å². The summed E-state index contributed by atoms with van der Waals surface area (Å²) in [5.74, 6) is -0.0902. The lowest BCUT2D eigenvalue weighted by atomic mass is 10.2. The van der Waals surface area contributed by atoms with Crippen molar-refractivity contribution in [3.63, 3.8) is 0 Å². The summed E-state index contributed by atoms with van der Waals surface area (Å²) in [7, 11) is 1.72. The van der Waals surface area contributed by atoms with E-state index in [0.717, 1.165) is 11.4 Å². The number of hydrogen-bond acceptors (Lipinski definition) is 2. The number of urea groups is 1. The van der Waals surface area contributed by atoms with Gasteiger partial charge in [0.15, 0.2) is 0 Å². The Labute approximate surface area is 106 Å². The lowest BCUT2D eigenvalue weighted by molar-refractivity contribution is -0.117. The molecule has 0 atom stereocenters. The van der Waals surface area contributed by atoms with E-state index in [0.29, 0.717) is 0 Å². The molecular formula is C13H17N3O2. The van der Waals surface area contributed by atoms with Crippen molar-refractivity contribution in [2.75, 3.05) is 23.4 Å². The van der Waals surface area contributed by atoms with Crippen LogP contribution in [0.2, 0.25) is 0 Å². The molecular weight excluding hydrogens is 230 g/mol. The molecule has 1 aliphatic rings. The summed E-state index contributed by atoms with van der Waals surface area (Å²) in [6.45, 7) is 3.86. The zero-order valence-electron chi connectivity index (χ0n) is 10.8. The van der Waals surface area contributed by atoms with Crippen molar-refractivity contribution in [1.29, 1.82) is 0 Å². The highest BCUT2D eigenvalue weighted by Crippen LogP contribution is 2.32. The Morgan fingerprint density at radius 1 is 1.28 bits per heavy atom. The van der Waals surface area contributed by atoms with E-state index in [-0.39, 0.29) is 24.5 Å². The number of likely N-dealkylation sites (N-methyl/N-ethyl adjacent to an activating group) is 1. The number of carbonyl (C=O) groups is 2. The minimum Gasteiger partial charge on any atom is -0.336 e. The summed E-state index contributed by atoms with van der Waals surface area (Å²) in [5.41, 5.74) is 1.52. The number of para-hydroxylation sites is 2. The van der Waals surface area contributed by atoms with Gasteiger partial charge in [-0.25, -0.2) is 4.79 Å². The molecule has 2 rings (SSSR count). The maximum Gasteiger partial charge on any atom is 0.322 e. The van der Waals surface area contributed by atoms with Crippen LogP contribution in [0.1, 0.15) is 13.8 Å². The fourth-order valence-electron chi connectivity index (χ4n) is 1.94. The summed E-state index contributed by atoms with van der Waals surface area (Å²) in [6, 6.07) is 7.20. The fraction of sp³-hybridized carbons (Fsp3) is 0.385. The molecule has 18 heavy (non-hydrogen) atoms. The van der Waals surface area contributed by atoms with Gasteiger partial charge < -0.3 is 10.2 Å². The molecule has 1 aliphatic heterocycles. The molecule has 0 saturated heterocycles. The Morgan fingerprint density at radius 2 is 1.89 bits per heavy atom. The van der Waals surface area contributed by atoms with Gasteiger partial charge >= 0.3 is 6.03 Å². The Morgan fingerprint density at radius 3 is 2.50 bits per heavy atom. The van der Waals surface area contributed by atoms with E-state index in [1.54, 1.807) is 11.9 Å². The standard InChI is InChI=1S/C13H17N3O2/c1-9(2)14-13(18)16-8-12(17)15(3)10-6-4-5-7-11(10)16/h4-7,9H,8H2,1-3H3,(H,14,18). The van der Waals surface area contributed by atoms with Crippen LogP contribution in [0.15, 0.2) is 24.3 Å². The van der Waals surface area contributed by atoms with Crippen molar-refractivity contribution in [3.05, 3.63) is 24.3 Å². The number of rotatable bonds is 1. The highest BCUT2D eigenvalue weighted by molar-refractivity contribution is 6.10. The molecule has 0 aromatic heterocycles. The third-order valence-corrected chi connectivity index (χ3v) is 2.86. The van der Waals surface area contributed by atoms with Crippen molar-refractivity contribution >= 4 is 23.3 Å². The van der Waals surface area contributed by atoms with E-state index in [2.05, 4.69) is 5.32 Å². The van der Waals surface area contributed by atoms with Gasteiger partial charge in [-0.3, -0.25) is 9.69 Å². The number of benzene rings is 1. The molecule has 1 aromatic carbocycles. The molecule has 0 spiro atoms. The number of amides is 3. The van der Waals surface area contributed by atoms with Gasteiger partial charge in [0.1, 0.15) is 6.54 Å². The van der Waals surface area contributed by atoms with Crippen LogP contribution < -0.4 is 15.1 Å². The Bertz CT molecular complexity index is 485. The van der Waals surface area contributed by atoms with Gasteiger partial charge in [-0.15, -0.1) is 0 Å². The van der Waals surface area contributed by atoms with Crippen LogP contribution in [0.4, 0.5) is 16.2 Å². The van der Waals surface area contributed by atoms with Crippen molar-refractivity contribution in [2.24, 2.45) is 0 Å². The molecule has 1 heterocycles. The maximum absolute atomic E-state index is 12.1. The van der Waals surface area contributed by atoms with E-state index >= 15 is 0 Å². The van der Waals surface area contributed by atoms with Crippen LogP contribution in [0.5, 0.6) is 0 Å². The number of nitrogens with one attached hydrogen (secondary N) is 1. The summed E-state index contributed by atoms with van der Waals surface area (Å²) >= 11 is 0. The second-order valence-corrected chi connectivity index (χ2v) is 4.63. The molecule has 0 unspecified atom stereocenters. The van der Waals surface area contributed by atoms with Gasteiger partial charge in [0.25, 0.3) is 0 Å². The first kappa shape index (κ1) is 12.4. The monoisotopic (exact) mass is 247 g/mol. The molecule has 0 radical (unpaired) electrons. The number of anilines is 2. The quantitative estimate of drug-likeness (QED) is 0.819. The average molecular weight is 247 g/mol. The van der Waals surface area contributed by atoms with Gasteiger partial charge in [-0.05, 0) is 26.0 Å². The van der Waals surface area contributed by atoms with E-state index in [1.807, 2.05) is 38.1 Å². The minimum absolute atomic E-state index is 0.0411. The summed E-state index contributed by atoms with van der Waals surface area (Å²) in [4.78, 5) is 27.0. The normalized spacial score (nSPS) is 14.8. The van der Waals surface area contributed by atoms with Gasteiger partial charge in [0.2, 0.25) is 5.91 Å². The van der Waals surface area contributed by atoms with Crippen LogP contribution in [-0.4, -0.2) is 31.6 Å². The van der Waals surface area contributed by atoms with Crippen LogP contribution in [0.25, 0.3) is 0 Å². The molecule has 96 valence electrons. The highest BCUT2D eigenvalue weighted by atomic mass is 16.2. The molecule has 0 saturated carbocycles. The zero-order chi connectivity index (χ0) is 13.3. The molecule has 5 nitrogen and oxygen atoms in total. The maximum atomic E-state index is 12.1. The van der Waals surface area contributed by atoms with Crippen molar-refractivity contribution in [1.82, 2.24) is 5.32 Å². The number of fused-ring (bicyclic) bond motifs is 1. The van der Waals surface area contributed by atoms with Crippen LogP contribution in [-0.2, 0) is 4.79 Å². The first-order valence-corrected chi connectivity index (χ1v) is 5.94. The average Bonchev–Trinajstić information content (AvgIpc) is 2.33. The van der Waals surface area contributed by atoms with Gasteiger partial charge in [0, 0.05) is 13.1 Å². The second kappa shape index (κ2) is 4.68. The van der Waals surface area contributed by atoms with Crippen molar-refractivity contribution < 1.29 is 9.59 Å². The van der Waals surface area contributed by atoms with Gasteiger partial charge in [0.05, 0.1) is 11.4 Å². The van der Waals surface area contributed by atoms with Crippen LogP contribution in [0.3, 0.4) is 0 Å².